The molecule has 9 heteroatoms. The first-order valence-electron chi connectivity index (χ1n) is 9.81. The molecule has 0 saturated heterocycles. The second-order valence-corrected chi connectivity index (χ2v) is 7.00. The van der Waals surface area contributed by atoms with Crippen LogP contribution >= 0.6 is 0 Å². The monoisotopic (exact) mass is 425 g/mol. The molecule has 1 amide bonds. The summed E-state index contributed by atoms with van der Waals surface area (Å²) in [5.74, 6) is 2.33. The molecule has 3 aromatic rings. The van der Waals surface area contributed by atoms with Crippen molar-refractivity contribution in [1.82, 2.24) is 14.9 Å². The number of hydrogen-bond donors (Lipinski definition) is 1. The van der Waals surface area contributed by atoms with Gasteiger partial charge in [0.1, 0.15) is 12.4 Å². The minimum atomic E-state index is -0.751. The predicted molar refractivity (Wildman–Crippen MR) is 113 cm³/mol. The number of nitrogens with zero attached hydrogens (tertiary/aromatic N) is 2. The molecule has 0 fully saturated rings. The highest BCUT2D eigenvalue weighted by atomic mass is 16.6. The van der Waals surface area contributed by atoms with Gasteiger partial charge in [0.05, 0.1) is 25.1 Å². The Kier molecular flexibility index (Phi) is 5.66. The molecule has 1 aliphatic rings. The van der Waals surface area contributed by atoms with Crippen molar-refractivity contribution in [2.75, 3.05) is 27.4 Å². The van der Waals surface area contributed by atoms with Crippen LogP contribution in [0.3, 0.4) is 0 Å². The molecule has 0 spiro atoms. The van der Waals surface area contributed by atoms with Gasteiger partial charge in [0.15, 0.2) is 23.0 Å². The van der Waals surface area contributed by atoms with Gasteiger partial charge in [0.25, 0.3) is 11.5 Å². The van der Waals surface area contributed by atoms with E-state index < -0.39 is 6.10 Å². The number of ether oxygens (including phenoxy) is 4. The van der Waals surface area contributed by atoms with Crippen molar-refractivity contribution in [2.45, 2.75) is 19.6 Å². The van der Waals surface area contributed by atoms with E-state index >= 15 is 0 Å². The van der Waals surface area contributed by atoms with Gasteiger partial charge in [-0.1, -0.05) is 12.1 Å². The van der Waals surface area contributed by atoms with E-state index in [0.29, 0.717) is 39.7 Å². The molecule has 4 rings (SSSR count). The number of fused-ring (bicyclic) bond motifs is 2. The van der Waals surface area contributed by atoms with Crippen molar-refractivity contribution in [1.29, 1.82) is 0 Å². The fourth-order valence-corrected chi connectivity index (χ4v) is 3.48. The first-order valence-corrected chi connectivity index (χ1v) is 9.81. The fraction of sp³-hybridized carbons (Fsp3) is 0.318. The first-order chi connectivity index (χ1) is 15.0. The molecular weight excluding hydrogens is 402 g/mol. The van der Waals surface area contributed by atoms with Crippen LogP contribution in [0.4, 0.5) is 0 Å². The molecule has 1 aromatic heterocycles. The summed E-state index contributed by atoms with van der Waals surface area (Å²) in [6.45, 7) is 2.37. The normalized spacial score (nSPS) is 14.9. The van der Waals surface area contributed by atoms with Crippen molar-refractivity contribution in [3.8, 4) is 23.0 Å². The summed E-state index contributed by atoms with van der Waals surface area (Å²) in [6, 6.07) is 10.5. The lowest BCUT2D eigenvalue weighted by molar-refractivity contribution is -0.130. The summed E-state index contributed by atoms with van der Waals surface area (Å²) in [6.07, 6.45) is -0.751. The lowest BCUT2D eigenvalue weighted by atomic mass is 10.2. The molecule has 31 heavy (non-hydrogen) atoms. The average Bonchev–Trinajstić information content (AvgIpc) is 2.79. The molecule has 1 aliphatic heterocycles. The van der Waals surface area contributed by atoms with Crippen molar-refractivity contribution in [3.05, 3.63) is 52.6 Å². The Hall–Kier alpha value is -3.75. The van der Waals surface area contributed by atoms with Crippen LogP contribution in [0.25, 0.3) is 10.9 Å². The zero-order chi connectivity index (χ0) is 22.0. The van der Waals surface area contributed by atoms with E-state index in [4.69, 9.17) is 18.9 Å². The van der Waals surface area contributed by atoms with Gasteiger partial charge in [0, 0.05) is 19.2 Å². The highest BCUT2D eigenvalue weighted by Crippen LogP contribution is 2.31. The Bertz CT molecular complexity index is 1190. The number of amides is 1. The minimum absolute atomic E-state index is 0.126. The summed E-state index contributed by atoms with van der Waals surface area (Å²) < 4.78 is 23.4. The number of para-hydroxylation sites is 2. The Balaban J connectivity index is 1.46. The molecule has 0 aliphatic carbocycles. The topological polar surface area (TPSA) is 101 Å². The molecule has 0 bridgehead atoms. The van der Waals surface area contributed by atoms with E-state index in [1.165, 1.54) is 18.8 Å². The van der Waals surface area contributed by atoms with Gasteiger partial charge in [-0.05, 0) is 25.1 Å². The van der Waals surface area contributed by atoms with Crippen molar-refractivity contribution >= 4 is 16.8 Å². The predicted octanol–water partition coefficient (Wildman–Crippen LogP) is 1.68. The molecule has 1 unspecified atom stereocenters. The van der Waals surface area contributed by atoms with E-state index in [0.717, 1.165) is 0 Å². The van der Waals surface area contributed by atoms with Crippen LogP contribution in [0.15, 0.2) is 41.2 Å². The standard InChI is InChI=1S/C22H23N3O6/c1-13-24-15-11-19(29-3)18(28-2)10-14(15)22(27)25(13)9-8-23-21(26)20-12-30-16-6-4-5-7-17(16)31-20/h4-7,10-11,20H,8-9,12H2,1-3H3,(H,23,26). The second-order valence-electron chi connectivity index (χ2n) is 7.00. The Morgan fingerprint density at radius 1 is 1.19 bits per heavy atom. The van der Waals surface area contributed by atoms with Crippen LogP contribution in [0.2, 0.25) is 0 Å². The Morgan fingerprint density at radius 3 is 2.65 bits per heavy atom. The molecule has 1 N–H and O–H groups in total. The van der Waals surface area contributed by atoms with Crippen LogP contribution in [0.5, 0.6) is 23.0 Å². The molecule has 1 atom stereocenters. The Labute approximate surface area is 178 Å². The third kappa shape index (κ3) is 3.98. The SMILES string of the molecule is COc1cc2nc(C)n(CCNC(=O)C3COc4ccccc4O3)c(=O)c2cc1OC. The van der Waals surface area contributed by atoms with Crippen molar-refractivity contribution < 1.29 is 23.7 Å². The van der Waals surface area contributed by atoms with Crippen molar-refractivity contribution in [2.24, 2.45) is 0 Å². The van der Waals surface area contributed by atoms with Gasteiger partial charge in [0.2, 0.25) is 6.10 Å². The largest absolute Gasteiger partial charge is 0.493 e. The number of aromatic nitrogens is 2. The number of carbonyl (C=O) groups is 1. The summed E-state index contributed by atoms with van der Waals surface area (Å²) in [4.78, 5) is 30.0. The zero-order valence-corrected chi connectivity index (χ0v) is 17.5. The number of aryl methyl sites for hydroxylation is 1. The molecule has 2 heterocycles. The van der Waals surface area contributed by atoms with E-state index in [-0.39, 0.29) is 31.2 Å². The highest BCUT2D eigenvalue weighted by molar-refractivity contribution is 5.82. The third-order valence-corrected chi connectivity index (χ3v) is 5.09. The summed E-state index contributed by atoms with van der Waals surface area (Å²) in [7, 11) is 3.04. The van der Waals surface area contributed by atoms with Crippen LogP contribution in [-0.2, 0) is 11.3 Å². The number of benzene rings is 2. The summed E-state index contributed by atoms with van der Waals surface area (Å²) >= 11 is 0. The van der Waals surface area contributed by atoms with Gasteiger partial charge in [-0.3, -0.25) is 14.2 Å². The number of methoxy groups -OCH3 is 2. The summed E-state index contributed by atoms with van der Waals surface area (Å²) in [5, 5.41) is 3.21. The van der Waals surface area contributed by atoms with Crippen molar-refractivity contribution in [3.63, 3.8) is 0 Å². The third-order valence-electron chi connectivity index (χ3n) is 5.09. The van der Waals surface area contributed by atoms with Gasteiger partial charge >= 0.3 is 0 Å². The van der Waals surface area contributed by atoms with E-state index in [9.17, 15) is 9.59 Å². The molecule has 0 saturated carbocycles. The average molecular weight is 425 g/mol. The zero-order valence-electron chi connectivity index (χ0n) is 17.5. The lowest BCUT2D eigenvalue weighted by Crippen LogP contribution is -2.45. The maximum absolute atomic E-state index is 13.0. The van der Waals surface area contributed by atoms with Crippen LogP contribution in [0, 0.1) is 6.92 Å². The molecular formula is C22H23N3O6. The number of rotatable bonds is 6. The van der Waals surface area contributed by atoms with E-state index in [1.807, 2.05) is 12.1 Å². The van der Waals surface area contributed by atoms with Crippen LogP contribution in [0.1, 0.15) is 5.82 Å². The number of hydrogen-bond acceptors (Lipinski definition) is 7. The van der Waals surface area contributed by atoms with E-state index in [1.54, 1.807) is 31.2 Å². The maximum atomic E-state index is 13.0. The number of nitrogens with one attached hydrogen (secondary N) is 1. The highest BCUT2D eigenvalue weighted by Gasteiger charge is 2.27. The summed E-state index contributed by atoms with van der Waals surface area (Å²) in [5.41, 5.74) is 0.302. The van der Waals surface area contributed by atoms with Crippen LogP contribution in [-0.4, -0.2) is 48.9 Å². The maximum Gasteiger partial charge on any atom is 0.264 e. The van der Waals surface area contributed by atoms with Gasteiger partial charge in [-0.2, -0.15) is 0 Å². The van der Waals surface area contributed by atoms with Gasteiger partial charge in [-0.15, -0.1) is 0 Å². The quantitative estimate of drug-likeness (QED) is 0.641. The smallest absolute Gasteiger partial charge is 0.264 e. The fourth-order valence-electron chi connectivity index (χ4n) is 3.48. The lowest BCUT2D eigenvalue weighted by Gasteiger charge is -2.25. The van der Waals surface area contributed by atoms with Crippen LogP contribution < -0.4 is 29.8 Å². The molecule has 162 valence electrons. The van der Waals surface area contributed by atoms with Gasteiger partial charge < -0.3 is 24.3 Å². The number of carbonyl (C=O) groups excluding carboxylic acids is 1. The van der Waals surface area contributed by atoms with E-state index in [2.05, 4.69) is 10.3 Å². The van der Waals surface area contributed by atoms with Gasteiger partial charge in [-0.25, -0.2) is 4.98 Å². The molecule has 9 nitrogen and oxygen atoms in total. The Morgan fingerprint density at radius 2 is 1.90 bits per heavy atom. The second kappa shape index (κ2) is 8.55. The molecule has 0 radical (unpaired) electrons. The minimum Gasteiger partial charge on any atom is -0.493 e. The first kappa shape index (κ1) is 20.5. The molecule has 2 aromatic carbocycles.